The van der Waals surface area contributed by atoms with Crippen LogP contribution >= 0.6 is 0 Å². The summed E-state index contributed by atoms with van der Waals surface area (Å²) >= 11 is 0. The fourth-order valence-corrected chi connectivity index (χ4v) is 1.48. The van der Waals surface area contributed by atoms with Crippen LogP contribution in [0, 0.1) is 0 Å². The summed E-state index contributed by atoms with van der Waals surface area (Å²) in [5.74, 6) is -1.18. The van der Waals surface area contributed by atoms with Gasteiger partial charge in [-0.05, 0) is 19.1 Å². The van der Waals surface area contributed by atoms with Gasteiger partial charge in [-0.15, -0.1) is 0 Å². The first-order valence-electron chi connectivity index (χ1n) is 6.42. The number of nitrogens with two attached hydrogens (primary N) is 1. The molecule has 0 heterocycles. The molecular weight excluding hydrogens is 272 g/mol. The Labute approximate surface area is 122 Å². The van der Waals surface area contributed by atoms with Gasteiger partial charge >= 0.3 is 0 Å². The molecule has 1 aromatic carbocycles. The van der Waals surface area contributed by atoms with E-state index in [2.05, 4.69) is 15.8 Å². The van der Waals surface area contributed by atoms with Crippen molar-refractivity contribution in [1.82, 2.24) is 5.43 Å². The highest BCUT2D eigenvalue weighted by Gasteiger charge is 2.07. The third-order valence-electron chi connectivity index (χ3n) is 2.44. The van der Waals surface area contributed by atoms with Gasteiger partial charge in [0, 0.05) is 24.2 Å². The molecule has 7 heteroatoms. The SMILES string of the molecule is C/C(CC(N)=O)=N/NC(=O)CCC(=O)Nc1ccccc1. The van der Waals surface area contributed by atoms with Crippen LogP contribution in [0.15, 0.2) is 35.4 Å². The monoisotopic (exact) mass is 290 g/mol. The van der Waals surface area contributed by atoms with E-state index in [-0.39, 0.29) is 25.2 Å². The molecule has 0 aromatic heterocycles. The van der Waals surface area contributed by atoms with Crippen molar-refractivity contribution in [1.29, 1.82) is 0 Å². The van der Waals surface area contributed by atoms with E-state index in [9.17, 15) is 14.4 Å². The average Bonchev–Trinajstić information content (AvgIpc) is 2.43. The Balaban J connectivity index is 2.29. The molecule has 0 unspecified atom stereocenters. The first-order valence-corrected chi connectivity index (χ1v) is 6.42. The molecule has 1 rings (SSSR count). The Kier molecular flexibility index (Phi) is 6.59. The summed E-state index contributed by atoms with van der Waals surface area (Å²) in [6.07, 6.45) is 0.0336. The number of benzene rings is 1. The Hall–Kier alpha value is -2.70. The number of anilines is 1. The summed E-state index contributed by atoms with van der Waals surface area (Å²) in [4.78, 5) is 33.7. The first kappa shape index (κ1) is 16.4. The molecule has 21 heavy (non-hydrogen) atoms. The van der Waals surface area contributed by atoms with Crippen LogP contribution in [0.2, 0.25) is 0 Å². The van der Waals surface area contributed by atoms with Crippen LogP contribution in [0.5, 0.6) is 0 Å². The van der Waals surface area contributed by atoms with Crippen LogP contribution in [-0.4, -0.2) is 23.4 Å². The number of hydrogen-bond acceptors (Lipinski definition) is 4. The molecule has 0 saturated carbocycles. The summed E-state index contributed by atoms with van der Waals surface area (Å²) in [6.45, 7) is 1.58. The minimum atomic E-state index is -0.521. The second-order valence-corrected chi connectivity index (χ2v) is 4.44. The van der Waals surface area contributed by atoms with Gasteiger partial charge in [-0.2, -0.15) is 5.10 Å². The highest BCUT2D eigenvalue weighted by Crippen LogP contribution is 2.05. The van der Waals surface area contributed by atoms with Gasteiger partial charge < -0.3 is 11.1 Å². The van der Waals surface area contributed by atoms with Crippen molar-refractivity contribution in [2.45, 2.75) is 26.2 Å². The van der Waals surface area contributed by atoms with Gasteiger partial charge in [0.1, 0.15) is 0 Å². The van der Waals surface area contributed by atoms with Crippen molar-refractivity contribution >= 4 is 29.1 Å². The minimum absolute atomic E-state index is 0.00597. The topological polar surface area (TPSA) is 114 Å². The van der Waals surface area contributed by atoms with Crippen LogP contribution in [0.4, 0.5) is 5.69 Å². The van der Waals surface area contributed by atoms with Gasteiger partial charge in [0.15, 0.2) is 0 Å². The average molecular weight is 290 g/mol. The number of primary amides is 1. The number of rotatable bonds is 7. The van der Waals surface area contributed by atoms with Crippen LogP contribution in [0.3, 0.4) is 0 Å². The summed E-state index contributed by atoms with van der Waals surface area (Å²) in [5, 5.41) is 6.38. The lowest BCUT2D eigenvalue weighted by atomic mass is 10.2. The predicted octanol–water partition coefficient (Wildman–Crippen LogP) is 0.773. The molecule has 0 atom stereocenters. The van der Waals surface area contributed by atoms with E-state index in [1.807, 2.05) is 6.07 Å². The van der Waals surface area contributed by atoms with Gasteiger partial charge in [-0.3, -0.25) is 14.4 Å². The Morgan fingerprint density at radius 2 is 1.71 bits per heavy atom. The van der Waals surface area contributed by atoms with Crippen molar-refractivity contribution < 1.29 is 14.4 Å². The number of hydrogen-bond donors (Lipinski definition) is 3. The Morgan fingerprint density at radius 3 is 2.33 bits per heavy atom. The van der Waals surface area contributed by atoms with Crippen molar-refractivity contribution in [2.24, 2.45) is 10.8 Å². The number of amides is 3. The van der Waals surface area contributed by atoms with Gasteiger partial charge in [-0.1, -0.05) is 18.2 Å². The Morgan fingerprint density at radius 1 is 1.10 bits per heavy atom. The van der Waals surface area contributed by atoms with Gasteiger partial charge in [0.2, 0.25) is 17.7 Å². The number of nitrogens with zero attached hydrogens (tertiary/aromatic N) is 1. The zero-order valence-corrected chi connectivity index (χ0v) is 11.8. The highest BCUT2D eigenvalue weighted by molar-refractivity contribution is 5.99. The van der Waals surface area contributed by atoms with Crippen LogP contribution in [0.25, 0.3) is 0 Å². The maximum Gasteiger partial charge on any atom is 0.240 e. The zero-order valence-electron chi connectivity index (χ0n) is 11.8. The molecule has 0 aliphatic carbocycles. The number of para-hydroxylation sites is 1. The van der Waals surface area contributed by atoms with Gasteiger partial charge in [-0.25, -0.2) is 5.43 Å². The molecular formula is C14H18N4O3. The summed E-state index contributed by atoms with van der Waals surface area (Å²) in [6, 6.07) is 8.97. The summed E-state index contributed by atoms with van der Waals surface area (Å²) in [7, 11) is 0. The van der Waals surface area contributed by atoms with Gasteiger partial charge in [0.25, 0.3) is 0 Å². The largest absolute Gasteiger partial charge is 0.369 e. The molecule has 112 valence electrons. The summed E-state index contributed by atoms with van der Waals surface area (Å²) < 4.78 is 0. The maximum atomic E-state index is 11.6. The van der Waals surface area contributed by atoms with Crippen molar-refractivity contribution in [3.8, 4) is 0 Å². The van der Waals surface area contributed by atoms with E-state index in [0.717, 1.165) is 0 Å². The lowest BCUT2D eigenvalue weighted by Gasteiger charge is -2.04. The number of hydrazone groups is 1. The van der Waals surface area contributed by atoms with Gasteiger partial charge in [0.05, 0.1) is 6.42 Å². The second kappa shape index (κ2) is 8.47. The molecule has 1 aromatic rings. The molecule has 0 bridgehead atoms. The molecule has 0 radical (unpaired) electrons. The van der Waals surface area contributed by atoms with Crippen molar-refractivity contribution in [3.63, 3.8) is 0 Å². The maximum absolute atomic E-state index is 11.6. The zero-order chi connectivity index (χ0) is 15.7. The van der Waals surface area contributed by atoms with E-state index in [4.69, 9.17) is 5.73 Å². The fourth-order valence-electron chi connectivity index (χ4n) is 1.48. The molecule has 0 spiro atoms. The fraction of sp³-hybridized carbons (Fsp3) is 0.286. The smallest absolute Gasteiger partial charge is 0.240 e. The van der Waals surface area contributed by atoms with E-state index >= 15 is 0 Å². The molecule has 3 amide bonds. The van der Waals surface area contributed by atoms with E-state index in [1.165, 1.54) is 0 Å². The third kappa shape index (κ3) is 7.46. The molecule has 0 aliphatic rings. The molecule has 0 saturated heterocycles. The van der Waals surface area contributed by atoms with E-state index < -0.39 is 11.8 Å². The lowest BCUT2D eigenvalue weighted by molar-refractivity contribution is -0.124. The quantitative estimate of drug-likeness (QED) is 0.509. The Bertz CT molecular complexity index is 540. The second-order valence-electron chi connectivity index (χ2n) is 4.44. The molecule has 7 nitrogen and oxygen atoms in total. The summed E-state index contributed by atoms with van der Waals surface area (Å²) in [5.41, 5.74) is 8.34. The van der Waals surface area contributed by atoms with Crippen LogP contribution < -0.4 is 16.5 Å². The first-order chi connectivity index (χ1) is 9.97. The number of carbonyl (C=O) groups excluding carboxylic acids is 3. The minimum Gasteiger partial charge on any atom is -0.369 e. The molecule has 0 aliphatic heterocycles. The third-order valence-corrected chi connectivity index (χ3v) is 2.44. The van der Waals surface area contributed by atoms with Crippen molar-refractivity contribution in [2.75, 3.05) is 5.32 Å². The number of carbonyl (C=O) groups is 3. The van der Waals surface area contributed by atoms with E-state index in [0.29, 0.717) is 11.4 Å². The van der Waals surface area contributed by atoms with Crippen molar-refractivity contribution in [3.05, 3.63) is 30.3 Å². The normalized spacial score (nSPS) is 10.8. The van der Waals surface area contributed by atoms with Crippen LogP contribution in [-0.2, 0) is 14.4 Å². The van der Waals surface area contributed by atoms with Crippen LogP contribution in [0.1, 0.15) is 26.2 Å². The molecule has 4 N–H and O–H groups in total. The lowest BCUT2D eigenvalue weighted by Crippen LogP contribution is -2.23. The number of nitrogens with one attached hydrogen (secondary N) is 2. The van der Waals surface area contributed by atoms with E-state index in [1.54, 1.807) is 31.2 Å². The standard InChI is InChI=1S/C14H18N4O3/c1-10(9-12(15)19)17-18-14(21)8-7-13(20)16-11-5-3-2-4-6-11/h2-6H,7-9H2,1H3,(H2,15,19)(H,16,20)(H,18,21)/b17-10-. The predicted molar refractivity (Wildman–Crippen MR) is 79.4 cm³/mol. The highest BCUT2D eigenvalue weighted by atomic mass is 16.2. The molecule has 0 fully saturated rings.